The van der Waals surface area contributed by atoms with Gasteiger partial charge in [-0.15, -0.1) is 0 Å². The highest BCUT2D eigenvalue weighted by Gasteiger charge is 2.22. The third-order valence-corrected chi connectivity index (χ3v) is 5.26. The van der Waals surface area contributed by atoms with Gasteiger partial charge in [-0.2, -0.15) is 0 Å². The molecule has 0 saturated heterocycles. The monoisotopic (exact) mass is 268 g/mol. The lowest BCUT2D eigenvalue weighted by molar-refractivity contribution is 0.316. The predicted octanol–water partition coefficient (Wildman–Crippen LogP) is 1.53. The smallest absolute Gasteiger partial charge is 0.240 e. The van der Waals surface area contributed by atoms with Gasteiger partial charge in [-0.1, -0.05) is 18.6 Å². The molecule has 0 aromatic heterocycles. The summed E-state index contributed by atoms with van der Waals surface area (Å²) in [5.41, 5.74) is 7.23. The molecule has 0 radical (unpaired) electrons. The molecule has 0 amide bonds. The third kappa shape index (κ3) is 2.74. The molecule has 18 heavy (non-hydrogen) atoms. The van der Waals surface area contributed by atoms with Crippen LogP contribution in [-0.2, 0) is 16.6 Å². The molecule has 100 valence electrons. The summed E-state index contributed by atoms with van der Waals surface area (Å²) < 4.78 is 27.1. The van der Waals surface area contributed by atoms with Gasteiger partial charge in [0.1, 0.15) is 0 Å². The van der Waals surface area contributed by atoms with Crippen LogP contribution >= 0.6 is 0 Å². The van der Waals surface area contributed by atoms with Crippen molar-refractivity contribution in [2.45, 2.75) is 37.6 Å². The van der Waals surface area contributed by atoms with Gasteiger partial charge >= 0.3 is 0 Å². The van der Waals surface area contributed by atoms with Gasteiger partial charge in [0.25, 0.3) is 0 Å². The maximum absolute atomic E-state index is 12.2. The van der Waals surface area contributed by atoms with Gasteiger partial charge in [-0.05, 0) is 42.9 Å². The summed E-state index contributed by atoms with van der Waals surface area (Å²) in [5, 5.41) is 0. The van der Waals surface area contributed by atoms with E-state index in [0.29, 0.717) is 23.9 Å². The highest BCUT2D eigenvalue weighted by atomic mass is 32.2. The zero-order valence-corrected chi connectivity index (χ0v) is 11.5. The normalized spacial score (nSPS) is 16.6. The minimum absolute atomic E-state index is 0.352. The summed E-state index contributed by atoms with van der Waals surface area (Å²) >= 11 is 0. The molecule has 3 N–H and O–H groups in total. The second-order valence-corrected chi connectivity index (χ2v) is 6.63. The second kappa shape index (κ2) is 5.38. The fourth-order valence-electron chi connectivity index (χ4n) is 2.17. The summed E-state index contributed by atoms with van der Waals surface area (Å²) in [6, 6.07) is 5.24. The number of rotatable bonds is 5. The molecule has 0 aliphatic heterocycles. The van der Waals surface area contributed by atoms with Crippen LogP contribution in [0.2, 0.25) is 0 Å². The molecule has 1 fully saturated rings. The molecule has 0 bridgehead atoms. The quantitative estimate of drug-likeness (QED) is 0.850. The Morgan fingerprint density at radius 3 is 2.67 bits per heavy atom. The molecule has 0 atom stereocenters. The van der Waals surface area contributed by atoms with Crippen molar-refractivity contribution < 1.29 is 8.42 Å². The molecular weight excluding hydrogens is 248 g/mol. The molecular formula is C13H20N2O2S. The second-order valence-electron chi connectivity index (χ2n) is 4.89. The highest BCUT2D eigenvalue weighted by Crippen LogP contribution is 2.26. The lowest BCUT2D eigenvalue weighted by Gasteiger charge is -2.25. The van der Waals surface area contributed by atoms with Gasteiger partial charge in [0, 0.05) is 13.1 Å². The number of hydrogen-bond donors (Lipinski definition) is 2. The van der Waals surface area contributed by atoms with Gasteiger partial charge in [-0.25, -0.2) is 13.1 Å². The van der Waals surface area contributed by atoms with Crippen LogP contribution in [0.5, 0.6) is 0 Å². The first-order valence-corrected chi connectivity index (χ1v) is 7.81. The molecule has 1 aromatic carbocycles. The third-order valence-electron chi connectivity index (χ3n) is 3.69. The van der Waals surface area contributed by atoms with Crippen molar-refractivity contribution >= 4 is 10.0 Å². The minimum Gasteiger partial charge on any atom is -0.326 e. The van der Waals surface area contributed by atoms with Crippen LogP contribution < -0.4 is 10.5 Å². The molecule has 0 unspecified atom stereocenters. The van der Waals surface area contributed by atoms with Crippen molar-refractivity contribution in [1.29, 1.82) is 0 Å². The largest absolute Gasteiger partial charge is 0.326 e. The summed E-state index contributed by atoms with van der Waals surface area (Å²) in [6.07, 6.45) is 3.47. The molecule has 0 spiro atoms. The van der Waals surface area contributed by atoms with E-state index in [1.807, 2.05) is 6.07 Å². The number of sulfonamides is 1. The van der Waals surface area contributed by atoms with Crippen LogP contribution in [0, 0.1) is 12.8 Å². The molecule has 2 rings (SSSR count). The predicted molar refractivity (Wildman–Crippen MR) is 71.6 cm³/mol. The van der Waals surface area contributed by atoms with Crippen molar-refractivity contribution in [1.82, 2.24) is 4.72 Å². The van der Waals surface area contributed by atoms with Gasteiger partial charge in [0.05, 0.1) is 4.90 Å². The first kappa shape index (κ1) is 13.5. The highest BCUT2D eigenvalue weighted by molar-refractivity contribution is 7.89. The summed E-state index contributed by atoms with van der Waals surface area (Å²) in [5.74, 6) is 0.512. The van der Waals surface area contributed by atoms with E-state index in [2.05, 4.69) is 4.72 Å². The lowest BCUT2D eigenvalue weighted by Crippen LogP contribution is -2.32. The SMILES string of the molecule is Cc1c(CN)cccc1S(=O)(=O)NCC1CCC1. The number of benzene rings is 1. The molecule has 0 heterocycles. The van der Waals surface area contributed by atoms with Crippen molar-refractivity contribution in [3.63, 3.8) is 0 Å². The number of nitrogens with two attached hydrogens (primary N) is 1. The van der Waals surface area contributed by atoms with Gasteiger partial charge in [-0.3, -0.25) is 0 Å². The Morgan fingerprint density at radius 2 is 2.11 bits per heavy atom. The van der Waals surface area contributed by atoms with E-state index >= 15 is 0 Å². The van der Waals surface area contributed by atoms with E-state index in [0.717, 1.165) is 24.0 Å². The standard InChI is InChI=1S/C13H20N2O2S/c1-10-12(8-14)6-3-7-13(10)18(16,17)15-9-11-4-2-5-11/h3,6-7,11,15H,2,4-5,8-9,14H2,1H3. The minimum atomic E-state index is -3.40. The Morgan fingerprint density at radius 1 is 1.39 bits per heavy atom. The number of hydrogen-bond acceptors (Lipinski definition) is 3. The first-order valence-electron chi connectivity index (χ1n) is 6.33. The number of nitrogens with one attached hydrogen (secondary N) is 1. The van der Waals surface area contributed by atoms with E-state index in [1.54, 1.807) is 19.1 Å². The maximum Gasteiger partial charge on any atom is 0.240 e. The topological polar surface area (TPSA) is 72.2 Å². The van der Waals surface area contributed by atoms with Crippen LogP contribution in [0.3, 0.4) is 0 Å². The van der Waals surface area contributed by atoms with E-state index in [4.69, 9.17) is 5.73 Å². The Bertz CT molecular complexity index is 522. The lowest BCUT2D eigenvalue weighted by atomic mass is 9.86. The average molecular weight is 268 g/mol. The maximum atomic E-state index is 12.2. The molecule has 1 aliphatic rings. The fraction of sp³-hybridized carbons (Fsp3) is 0.538. The van der Waals surface area contributed by atoms with E-state index in [-0.39, 0.29) is 0 Å². The Labute approximate surface area is 109 Å². The van der Waals surface area contributed by atoms with Crippen LogP contribution in [-0.4, -0.2) is 15.0 Å². The van der Waals surface area contributed by atoms with Crippen molar-refractivity contribution in [3.8, 4) is 0 Å². The molecule has 4 nitrogen and oxygen atoms in total. The zero-order valence-electron chi connectivity index (χ0n) is 10.6. The summed E-state index contributed by atoms with van der Waals surface area (Å²) in [6.45, 7) is 2.71. The van der Waals surface area contributed by atoms with E-state index in [9.17, 15) is 8.42 Å². The van der Waals surface area contributed by atoms with Crippen LogP contribution in [0.1, 0.15) is 30.4 Å². The Balaban J connectivity index is 2.17. The molecule has 1 aliphatic carbocycles. The Hall–Kier alpha value is -0.910. The van der Waals surface area contributed by atoms with Gasteiger partial charge < -0.3 is 5.73 Å². The van der Waals surface area contributed by atoms with Crippen molar-refractivity contribution in [2.24, 2.45) is 11.7 Å². The summed E-state index contributed by atoms with van der Waals surface area (Å²) in [4.78, 5) is 0.352. The molecule has 5 heteroatoms. The molecule has 1 aromatic rings. The van der Waals surface area contributed by atoms with Crippen molar-refractivity contribution in [3.05, 3.63) is 29.3 Å². The van der Waals surface area contributed by atoms with Crippen LogP contribution in [0.15, 0.2) is 23.1 Å². The van der Waals surface area contributed by atoms with Gasteiger partial charge in [0.15, 0.2) is 0 Å². The molecule has 1 saturated carbocycles. The van der Waals surface area contributed by atoms with Crippen LogP contribution in [0.4, 0.5) is 0 Å². The van der Waals surface area contributed by atoms with E-state index < -0.39 is 10.0 Å². The summed E-state index contributed by atoms with van der Waals surface area (Å²) in [7, 11) is -3.40. The zero-order chi connectivity index (χ0) is 13.2. The first-order chi connectivity index (χ1) is 8.54. The average Bonchev–Trinajstić information content (AvgIpc) is 2.26. The Kier molecular flexibility index (Phi) is 4.04. The fourth-order valence-corrected chi connectivity index (χ4v) is 3.58. The van der Waals surface area contributed by atoms with Crippen molar-refractivity contribution in [2.75, 3.05) is 6.54 Å². The van der Waals surface area contributed by atoms with Crippen LogP contribution in [0.25, 0.3) is 0 Å². The van der Waals surface area contributed by atoms with Gasteiger partial charge in [0.2, 0.25) is 10.0 Å². The van der Waals surface area contributed by atoms with E-state index in [1.165, 1.54) is 6.42 Å².